The molecule has 18 heavy (non-hydrogen) atoms. The summed E-state index contributed by atoms with van der Waals surface area (Å²) in [7, 11) is 0. The van der Waals surface area contributed by atoms with Crippen LogP contribution in [0.25, 0.3) is 0 Å². The van der Waals surface area contributed by atoms with E-state index in [-0.39, 0.29) is 0 Å². The third-order valence-electron chi connectivity index (χ3n) is 4.00. The zero-order valence-electron chi connectivity index (χ0n) is 12.2. The molecule has 0 aromatic heterocycles. The number of rotatable bonds is 6. The van der Waals surface area contributed by atoms with Crippen LogP contribution in [0.2, 0.25) is 0 Å². The normalized spacial score (nSPS) is 28.9. The van der Waals surface area contributed by atoms with Gasteiger partial charge in [-0.15, -0.1) is 0 Å². The molecule has 0 radical (unpaired) electrons. The van der Waals surface area contributed by atoms with Crippen molar-refractivity contribution in [3.05, 3.63) is 0 Å². The first-order chi connectivity index (χ1) is 8.39. The summed E-state index contributed by atoms with van der Waals surface area (Å²) in [6, 6.07) is 0.489. The van der Waals surface area contributed by atoms with Crippen molar-refractivity contribution < 1.29 is 9.90 Å². The van der Waals surface area contributed by atoms with Crippen LogP contribution >= 0.6 is 0 Å². The van der Waals surface area contributed by atoms with Gasteiger partial charge in [-0.25, -0.2) is 0 Å². The van der Waals surface area contributed by atoms with Gasteiger partial charge in [-0.05, 0) is 45.6 Å². The standard InChI is InChI=1S/C14H28N2O2/c1-5-8-15-14(4,13(17)18)10-16-9-11(2)6-7-12(16)3/h11-12,15H,5-10H2,1-4H3,(H,17,18). The van der Waals surface area contributed by atoms with Crippen LogP contribution in [-0.4, -0.2) is 47.2 Å². The van der Waals surface area contributed by atoms with E-state index in [1.807, 2.05) is 0 Å². The summed E-state index contributed by atoms with van der Waals surface area (Å²) in [4.78, 5) is 13.8. The summed E-state index contributed by atoms with van der Waals surface area (Å²) >= 11 is 0. The van der Waals surface area contributed by atoms with Crippen molar-refractivity contribution in [1.29, 1.82) is 0 Å². The summed E-state index contributed by atoms with van der Waals surface area (Å²) in [5, 5.41) is 12.6. The van der Waals surface area contributed by atoms with E-state index in [1.165, 1.54) is 12.8 Å². The highest BCUT2D eigenvalue weighted by atomic mass is 16.4. The number of nitrogens with one attached hydrogen (secondary N) is 1. The van der Waals surface area contributed by atoms with Crippen molar-refractivity contribution in [3.63, 3.8) is 0 Å². The van der Waals surface area contributed by atoms with Gasteiger partial charge in [0.1, 0.15) is 5.54 Å². The van der Waals surface area contributed by atoms with E-state index in [2.05, 4.69) is 31.0 Å². The van der Waals surface area contributed by atoms with Crippen molar-refractivity contribution in [2.45, 2.75) is 58.5 Å². The lowest BCUT2D eigenvalue weighted by molar-refractivity contribution is -0.145. The van der Waals surface area contributed by atoms with E-state index in [4.69, 9.17) is 0 Å². The zero-order valence-corrected chi connectivity index (χ0v) is 12.2. The molecule has 4 nitrogen and oxygen atoms in total. The summed E-state index contributed by atoms with van der Waals surface area (Å²) in [6.07, 6.45) is 3.38. The third-order valence-corrected chi connectivity index (χ3v) is 4.00. The minimum absolute atomic E-state index is 0.489. The number of carboxylic acid groups (broad SMARTS) is 1. The van der Waals surface area contributed by atoms with Gasteiger partial charge in [0.15, 0.2) is 0 Å². The molecule has 0 aliphatic carbocycles. The number of aliphatic carboxylic acids is 1. The number of carboxylic acids is 1. The Balaban J connectivity index is 2.67. The maximum Gasteiger partial charge on any atom is 0.324 e. The Morgan fingerprint density at radius 1 is 1.44 bits per heavy atom. The van der Waals surface area contributed by atoms with E-state index in [0.29, 0.717) is 18.5 Å². The number of hydrogen-bond donors (Lipinski definition) is 2. The SMILES string of the molecule is CCCNC(C)(CN1CC(C)CCC1C)C(=O)O. The number of carbonyl (C=O) groups is 1. The van der Waals surface area contributed by atoms with E-state index < -0.39 is 11.5 Å². The third kappa shape index (κ3) is 3.95. The molecule has 0 aromatic rings. The van der Waals surface area contributed by atoms with Gasteiger partial charge in [0.05, 0.1) is 0 Å². The molecular formula is C14H28N2O2. The Labute approximate surface area is 111 Å². The van der Waals surface area contributed by atoms with Gasteiger partial charge in [0.25, 0.3) is 0 Å². The molecule has 1 aliphatic rings. The molecule has 1 heterocycles. The minimum Gasteiger partial charge on any atom is -0.480 e. The lowest BCUT2D eigenvalue weighted by atomic mass is 9.92. The Kier molecular flexibility index (Phi) is 5.60. The molecule has 1 aliphatic heterocycles. The highest BCUT2D eigenvalue weighted by Crippen LogP contribution is 2.23. The molecule has 0 aromatic carbocycles. The topological polar surface area (TPSA) is 52.6 Å². The van der Waals surface area contributed by atoms with Crippen molar-refractivity contribution in [2.24, 2.45) is 5.92 Å². The Morgan fingerprint density at radius 3 is 2.67 bits per heavy atom. The van der Waals surface area contributed by atoms with Crippen molar-refractivity contribution in [1.82, 2.24) is 10.2 Å². The maximum atomic E-state index is 11.5. The van der Waals surface area contributed by atoms with Gasteiger partial charge >= 0.3 is 5.97 Å². The summed E-state index contributed by atoms with van der Waals surface area (Å²) in [5.41, 5.74) is -0.832. The van der Waals surface area contributed by atoms with Crippen molar-refractivity contribution >= 4 is 5.97 Å². The number of hydrogen-bond acceptors (Lipinski definition) is 3. The second kappa shape index (κ2) is 6.53. The fraction of sp³-hybridized carbons (Fsp3) is 0.929. The number of nitrogens with zero attached hydrogens (tertiary/aromatic N) is 1. The van der Waals surface area contributed by atoms with Crippen LogP contribution in [0.4, 0.5) is 0 Å². The van der Waals surface area contributed by atoms with Gasteiger partial charge in [-0.3, -0.25) is 9.69 Å². The predicted octanol–water partition coefficient (Wildman–Crippen LogP) is 1.95. The molecule has 4 heteroatoms. The van der Waals surface area contributed by atoms with Gasteiger partial charge in [-0.1, -0.05) is 13.8 Å². The van der Waals surface area contributed by atoms with E-state index in [1.54, 1.807) is 6.92 Å². The Morgan fingerprint density at radius 2 is 2.11 bits per heavy atom. The lowest BCUT2D eigenvalue weighted by Crippen LogP contribution is -2.59. The maximum absolute atomic E-state index is 11.5. The average Bonchev–Trinajstić information content (AvgIpc) is 2.31. The number of likely N-dealkylation sites (tertiary alicyclic amines) is 1. The first kappa shape index (κ1) is 15.4. The fourth-order valence-electron chi connectivity index (χ4n) is 2.61. The minimum atomic E-state index is -0.832. The molecule has 3 unspecified atom stereocenters. The molecule has 1 fully saturated rings. The first-order valence-electron chi connectivity index (χ1n) is 7.11. The van der Waals surface area contributed by atoms with Crippen LogP contribution in [0.5, 0.6) is 0 Å². The lowest BCUT2D eigenvalue weighted by Gasteiger charge is -2.41. The largest absolute Gasteiger partial charge is 0.480 e. The molecule has 0 saturated carbocycles. The highest BCUT2D eigenvalue weighted by molar-refractivity contribution is 5.78. The molecule has 106 valence electrons. The average molecular weight is 256 g/mol. The van der Waals surface area contributed by atoms with E-state index in [9.17, 15) is 9.90 Å². The smallest absolute Gasteiger partial charge is 0.324 e. The second-order valence-electron chi connectivity index (χ2n) is 6.03. The second-order valence-corrected chi connectivity index (χ2v) is 6.03. The van der Waals surface area contributed by atoms with Crippen LogP contribution in [0, 0.1) is 5.92 Å². The number of piperidine rings is 1. The van der Waals surface area contributed by atoms with Crippen LogP contribution in [0.1, 0.15) is 47.0 Å². The molecular weight excluding hydrogens is 228 g/mol. The van der Waals surface area contributed by atoms with Crippen LogP contribution in [0.15, 0.2) is 0 Å². The van der Waals surface area contributed by atoms with Gasteiger partial charge in [0, 0.05) is 19.1 Å². The molecule has 0 bridgehead atoms. The molecule has 0 spiro atoms. The Bertz CT molecular complexity index is 283. The van der Waals surface area contributed by atoms with Crippen LogP contribution in [0.3, 0.4) is 0 Å². The molecule has 0 amide bonds. The molecule has 1 rings (SSSR count). The monoisotopic (exact) mass is 256 g/mol. The summed E-state index contributed by atoms with van der Waals surface area (Å²) in [6.45, 7) is 10.7. The first-order valence-corrected chi connectivity index (χ1v) is 7.11. The zero-order chi connectivity index (χ0) is 13.8. The van der Waals surface area contributed by atoms with E-state index in [0.717, 1.165) is 19.5 Å². The van der Waals surface area contributed by atoms with E-state index >= 15 is 0 Å². The quantitative estimate of drug-likeness (QED) is 0.762. The van der Waals surface area contributed by atoms with Gasteiger partial charge < -0.3 is 10.4 Å². The van der Waals surface area contributed by atoms with Crippen LogP contribution in [-0.2, 0) is 4.79 Å². The van der Waals surface area contributed by atoms with Crippen molar-refractivity contribution in [2.75, 3.05) is 19.6 Å². The summed E-state index contributed by atoms with van der Waals surface area (Å²) in [5.74, 6) is -0.0770. The van der Waals surface area contributed by atoms with Gasteiger partial charge in [0.2, 0.25) is 0 Å². The molecule has 2 N–H and O–H groups in total. The summed E-state index contributed by atoms with van der Waals surface area (Å²) < 4.78 is 0. The molecule has 3 atom stereocenters. The van der Waals surface area contributed by atoms with Crippen molar-refractivity contribution in [3.8, 4) is 0 Å². The fourth-order valence-corrected chi connectivity index (χ4v) is 2.61. The van der Waals surface area contributed by atoms with Gasteiger partial charge in [-0.2, -0.15) is 0 Å². The van der Waals surface area contributed by atoms with Crippen LogP contribution < -0.4 is 5.32 Å². The highest BCUT2D eigenvalue weighted by Gasteiger charge is 2.37. The Hall–Kier alpha value is -0.610. The predicted molar refractivity (Wildman–Crippen MR) is 73.8 cm³/mol. The molecule has 1 saturated heterocycles.